The second kappa shape index (κ2) is 12.4. The average molecular weight is 563 g/mol. The Labute approximate surface area is 243 Å². The largest absolute Gasteiger partial charge is 0.492 e. The number of nitriles is 1. The van der Waals surface area contributed by atoms with Crippen LogP contribution in [0.5, 0.6) is 17.2 Å². The molecule has 0 fully saturated rings. The predicted molar refractivity (Wildman–Crippen MR) is 161 cm³/mol. The summed E-state index contributed by atoms with van der Waals surface area (Å²) in [6, 6.07) is 15.1. The molecule has 1 amide bonds. The van der Waals surface area contributed by atoms with Gasteiger partial charge in [-0.1, -0.05) is 6.08 Å². The van der Waals surface area contributed by atoms with Crippen LogP contribution < -0.4 is 20.1 Å². The van der Waals surface area contributed by atoms with Crippen LogP contribution in [0.3, 0.4) is 0 Å². The van der Waals surface area contributed by atoms with Crippen molar-refractivity contribution in [3.8, 4) is 23.3 Å². The molecule has 11 heteroatoms. The van der Waals surface area contributed by atoms with Gasteiger partial charge in [-0.15, -0.1) is 0 Å². The molecule has 0 atom stereocenters. The number of carbonyl (C=O) groups is 1. The maximum absolute atomic E-state index is 12.7. The van der Waals surface area contributed by atoms with Crippen LogP contribution in [0.4, 0.5) is 17.1 Å². The van der Waals surface area contributed by atoms with Crippen molar-refractivity contribution in [3.63, 3.8) is 0 Å². The maximum Gasteiger partial charge on any atom is 0.248 e. The zero-order chi connectivity index (χ0) is 29.6. The summed E-state index contributed by atoms with van der Waals surface area (Å²) in [7, 11) is 3.85. The summed E-state index contributed by atoms with van der Waals surface area (Å²) < 4.78 is 13.6. The maximum atomic E-state index is 12.7. The highest BCUT2D eigenvalue weighted by Crippen LogP contribution is 2.37. The van der Waals surface area contributed by atoms with Gasteiger partial charge in [0.15, 0.2) is 5.65 Å². The van der Waals surface area contributed by atoms with Gasteiger partial charge in [0.1, 0.15) is 29.6 Å². The van der Waals surface area contributed by atoms with Crippen LogP contribution in [0.1, 0.15) is 18.1 Å². The standard InChI is InChI=1S/C31H30N8O3/c1-5-41-28-16-25-24(15-26(28)37-30(40)7-6-11-38(3)4)31(21(17-32)18-33-25)36-22-8-9-27(20(2)13-22)42-23-10-12-39-29(14-23)34-19-35-39/h6-10,12-16,18-19H,5,11H2,1-4H3,(H,33,36)(H,37,40)/b7-6+. The van der Waals surface area contributed by atoms with Gasteiger partial charge >= 0.3 is 0 Å². The topological polar surface area (TPSA) is 130 Å². The van der Waals surface area contributed by atoms with E-state index in [0.717, 1.165) is 11.3 Å². The van der Waals surface area contributed by atoms with E-state index in [9.17, 15) is 10.1 Å². The van der Waals surface area contributed by atoms with Crippen molar-refractivity contribution >= 4 is 39.5 Å². The van der Waals surface area contributed by atoms with Crippen LogP contribution >= 0.6 is 0 Å². The number of nitrogens with one attached hydrogen (secondary N) is 2. The van der Waals surface area contributed by atoms with Crippen molar-refractivity contribution in [1.82, 2.24) is 24.5 Å². The third-order valence-electron chi connectivity index (χ3n) is 6.31. The van der Waals surface area contributed by atoms with Crippen molar-refractivity contribution in [2.24, 2.45) is 0 Å². The second-order valence-electron chi connectivity index (χ2n) is 9.74. The summed E-state index contributed by atoms with van der Waals surface area (Å²) in [6.45, 7) is 4.85. The van der Waals surface area contributed by atoms with Crippen LogP contribution in [-0.4, -0.2) is 57.6 Å². The van der Waals surface area contributed by atoms with Gasteiger partial charge in [0.2, 0.25) is 5.91 Å². The molecule has 5 aromatic rings. The SMILES string of the molecule is CCOc1cc2ncc(C#N)c(Nc3ccc(Oc4ccn5ncnc5c4)c(C)c3)c2cc1NC(=O)/C=C/CN(C)C. The fraction of sp³-hybridized carbons (Fsp3) is 0.194. The first-order chi connectivity index (χ1) is 20.3. The predicted octanol–water partition coefficient (Wildman–Crippen LogP) is 5.45. The average Bonchev–Trinajstić information content (AvgIpc) is 3.43. The summed E-state index contributed by atoms with van der Waals surface area (Å²) in [5, 5.41) is 21.0. The Balaban J connectivity index is 1.46. The molecule has 0 unspecified atom stereocenters. The third kappa shape index (κ3) is 6.29. The minimum Gasteiger partial charge on any atom is -0.492 e. The van der Waals surface area contributed by atoms with Crippen LogP contribution in [0.15, 0.2) is 73.3 Å². The fourth-order valence-corrected chi connectivity index (χ4v) is 4.33. The zero-order valence-corrected chi connectivity index (χ0v) is 23.8. The third-order valence-corrected chi connectivity index (χ3v) is 6.31. The zero-order valence-electron chi connectivity index (χ0n) is 23.8. The summed E-state index contributed by atoms with van der Waals surface area (Å²) in [6.07, 6.45) is 8.06. The van der Waals surface area contributed by atoms with E-state index in [1.54, 1.807) is 28.9 Å². The highest BCUT2D eigenvalue weighted by Gasteiger charge is 2.16. The molecule has 0 spiro atoms. The number of rotatable bonds is 10. The number of anilines is 3. The monoisotopic (exact) mass is 562 g/mol. The summed E-state index contributed by atoms with van der Waals surface area (Å²) >= 11 is 0. The minimum absolute atomic E-state index is 0.287. The molecule has 42 heavy (non-hydrogen) atoms. The normalized spacial score (nSPS) is 11.2. The van der Waals surface area contributed by atoms with Crippen LogP contribution in [0.25, 0.3) is 16.6 Å². The Kier molecular flexibility index (Phi) is 8.27. The fourth-order valence-electron chi connectivity index (χ4n) is 4.33. The number of carbonyl (C=O) groups excluding carboxylic acids is 1. The number of pyridine rings is 2. The Morgan fingerprint density at radius 1 is 1.14 bits per heavy atom. The number of fused-ring (bicyclic) bond motifs is 2. The lowest BCUT2D eigenvalue weighted by Gasteiger charge is -2.17. The van der Waals surface area contributed by atoms with Gasteiger partial charge in [-0.25, -0.2) is 9.50 Å². The van der Waals surface area contributed by atoms with E-state index >= 15 is 0 Å². The van der Waals surface area contributed by atoms with Gasteiger partial charge in [-0.3, -0.25) is 9.78 Å². The number of ether oxygens (including phenoxy) is 2. The van der Waals surface area contributed by atoms with Gasteiger partial charge in [0.25, 0.3) is 0 Å². The lowest BCUT2D eigenvalue weighted by molar-refractivity contribution is -0.111. The molecule has 0 saturated heterocycles. The molecule has 0 aliphatic heterocycles. The molecule has 0 radical (unpaired) electrons. The molecular weight excluding hydrogens is 532 g/mol. The van der Waals surface area contributed by atoms with Gasteiger partial charge in [0.05, 0.1) is 29.1 Å². The lowest BCUT2D eigenvalue weighted by atomic mass is 10.1. The number of benzene rings is 2. The first kappa shape index (κ1) is 28.1. The number of likely N-dealkylation sites (N-methyl/N-ethyl adjacent to an activating group) is 1. The molecule has 3 heterocycles. The number of amides is 1. The highest BCUT2D eigenvalue weighted by molar-refractivity contribution is 6.04. The number of nitrogens with zero attached hydrogens (tertiary/aromatic N) is 6. The Bertz CT molecular complexity index is 1840. The van der Waals surface area contributed by atoms with E-state index in [-0.39, 0.29) is 5.91 Å². The minimum atomic E-state index is -0.287. The van der Waals surface area contributed by atoms with E-state index < -0.39 is 0 Å². The van der Waals surface area contributed by atoms with Gasteiger partial charge in [0, 0.05) is 48.2 Å². The number of aromatic nitrogens is 4. The van der Waals surface area contributed by atoms with Crippen molar-refractivity contribution < 1.29 is 14.3 Å². The number of hydrogen-bond donors (Lipinski definition) is 2. The molecule has 0 saturated carbocycles. The van der Waals surface area contributed by atoms with Gasteiger partial charge in [-0.05, 0) is 63.8 Å². The molecule has 0 aliphatic carbocycles. The van der Waals surface area contributed by atoms with Crippen LogP contribution in [-0.2, 0) is 4.79 Å². The van der Waals surface area contributed by atoms with Crippen molar-refractivity contribution in [2.75, 3.05) is 37.9 Å². The molecule has 0 bridgehead atoms. The molecule has 5 rings (SSSR count). The second-order valence-corrected chi connectivity index (χ2v) is 9.74. The highest BCUT2D eigenvalue weighted by atomic mass is 16.5. The van der Waals surface area contributed by atoms with E-state index in [2.05, 4.69) is 31.8 Å². The van der Waals surface area contributed by atoms with Crippen LogP contribution in [0, 0.1) is 18.3 Å². The molecular formula is C31H30N8O3. The number of aryl methyl sites for hydroxylation is 1. The number of hydrogen-bond acceptors (Lipinski definition) is 9. The van der Waals surface area contributed by atoms with Crippen LogP contribution in [0.2, 0.25) is 0 Å². The molecule has 2 aromatic carbocycles. The van der Waals surface area contributed by atoms with Gasteiger partial charge < -0.3 is 25.0 Å². The molecule has 11 nitrogen and oxygen atoms in total. The Morgan fingerprint density at radius 2 is 2.00 bits per heavy atom. The first-order valence-electron chi connectivity index (χ1n) is 13.3. The van der Waals surface area contributed by atoms with E-state index in [4.69, 9.17) is 9.47 Å². The summed E-state index contributed by atoms with van der Waals surface area (Å²) in [5.41, 5.74) is 4.33. The quantitative estimate of drug-likeness (QED) is 0.213. The lowest BCUT2D eigenvalue weighted by Crippen LogP contribution is -2.13. The first-order valence-corrected chi connectivity index (χ1v) is 13.3. The van der Waals surface area contributed by atoms with Crippen molar-refractivity contribution in [3.05, 3.63) is 84.5 Å². The summed E-state index contributed by atoms with van der Waals surface area (Å²) in [4.78, 5) is 23.3. The van der Waals surface area contributed by atoms with E-state index in [0.29, 0.717) is 63.9 Å². The summed E-state index contributed by atoms with van der Waals surface area (Å²) in [5.74, 6) is 1.52. The van der Waals surface area contributed by atoms with Crippen molar-refractivity contribution in [2.45, 2.75) is 13.8 Å². The molecule has 0 aliphatic rings. The van der Waals surface area contributed by atoms with E-state index in [1.807, 2.05) is 63.2 Å². The smallest absolute Gasteiger partial charge is 0.248 e. The molecule has 212 valence electrons. The van der Waals surface area contributed by atoms with Gasteiger partial charge in [-0.2, -0.15) is 10.4 Å². The Hall–Kier alpha value is -5.47. The molecule has 2 N–H and O–H groups in total. The van der Waals surface area contributed by atoms with Crippen molar-refractivity contribution in [1.29, 1.82) is 5.26 Å². The van der Waals surface area contributed by atoms with E-state index in [1.165, 1.54) is 18.6 Å². The Morgan fingerprint density at radius 3 is 2.76 bits per heavy atom. The molecule has 3 aromatic heterocycles.